The van der Waals surface area contributed by atoms with Gasteiger partial charge in [-0.25, -0.2) is 4.99 Å². The molecule has 3 N–H and O–H groups in total. The lowest BCUT2D eigenvalue weighted by Gasteiger charge is -2.26. The van der Waals surface area contributed by atoms with Gasteiger partial charge in [0, 0.05) is 18.8 Å². The molecule has 1 saturated heterocycles. The largest absolute Gasteiger partial charge is 0.378 e. The summed E-state index contributed by atoms with van der Waals surface area (Å²) in [7, 11) is 0. The predicted octanol–water partition coefficient (Wildman–Crippen LogP) is 2.40. The number of benzene rings is 1. The molecular weight excluding hydrogens is 419 g/mol. The van der Waals surface area contributed by atoms with E-state index in [-0.39, 0.29) is 42.4 Å². The Bertz CT molecular complexity index is 542. The van der Waals surface area contributed by atoms with Crippen molar-refractivity contribution in [1.29, 1.82) is 0 Å². The molecule has 2 rings (SSSR count). The smallest absolute Gasteiger partial charge is 0.244 e. The highest BCUT2D eigenvalue weighted by Crippen LogP contribution is 2.20. The first-order chi connectivity index (χ1) is 11.1. The Morgan fingerprint density at radius 2 is 1.96 bits per heavy atom. The lowest BCUT2D eigenvalue weighted by molar-refractivity contribution is -0.133. The minimum absolute atomic E-state index is 0. The fourth-order valence-electron chi connectivity index (χ4n) is 2.38. The summed E-state index contributed by atoms with van der Waals surface area (Å²) in [5.41, 5.74) is 8.03. The normalized spacial score (nSPS) is 16.2. The number of nitrogens with two attached hydrogens (primary N) is 1. The van der Waals surface area contributed by atoms with Gasteiger partial charge in [-0.2, -0.15) is 0 Å². The lowest BCUT2D eigenvalue weighted by atomic mass is 9.99. The molecule has 1 aromatic rings. The number of ether oxygens (including phenoxy) is 1. The van der Waals surface area contributed by atoms with Gasteiger partial charge < -0.3 is 20.7 Å². The van der Waals surface area contributed by atoms with E-state index in [2.05, 4.69) is 36.3 Å². The molecule has 0 aliphatic carbocycles. The third-order valence-corrected chi connectivity index (χ3v) is 4.11. The van der Waals surface area contributed by atoms with Crippen molar-refractivity contribution in [2.45, 2.75) is 26.2 Å². The quantitative estimate of drug-likeness (QED) is 0.414. The van der Waals surface area contributed by atoms with Crippen LogP contribution in [0.5, 0.6) is 0 Å². The number of rotatable bonds is 5. The van der Waals surface area contributed by atoms with E-state index in [1.807, 2.05) is 12.1 Å². The molecule has 0 radical (unpaired) electrons. The van der Waals surface area contributed by atoms with Gasteiger partial charge in [-0.1, -0.05) is 26.0 Å². The molecule has 1 aliphatic rings. The fraction of sp³-hybridized carbons (Fsp3) is 0.529. The van der Waals surface area contributed by atoms with E-state index in [0.717, 1.165) is 12.1 Å². The number of anilines is 1. The Morgan fingerprint density at radius 3 is 2.54 bits per heavy atom. The zero-order valence-electron chi connectivity index (χ0n) is 14.3. The van der Waals surface area contributed by atoms with Gasteiger partial charge in [0.05, 0.1) is 13.2 Å². The van der Waals surface area contributed by atoms with E-state index >= 15 is 0 Å². The van der Waals surface area contributed by atoms with Crippen LogP contribution >= 0.6 is 24.0 Å². The molecule has 1 amide bonds. The van der Waals surface area contributed by atoms with Gasteiger partial charge in [0.2, 0.25) is 5.91 Å². The van der Waals surface area contributed by atoms with Crippen molar-refractivity contribution in [1.82, 2.24) is 4.90 Å². The molecule has 0 spiro atoms. The minimum Gasteiger partial charge on any atom is -0.378 e. The van der Waals surface area contributed by atoms with Crippen LogP contribution in [0.25, 0.3) is 0 Å². The van der Waals surface area contributed by atoms with Gasteiger partial charge >= 0.3 is 0 Å². The summed E-state index contributed by atoms with van der Waals surface area (Å²) in [6.07, 6.45) is 1.11. The van der Waals surface area contributed by atoms with E-state index in [0.29, 0.717) is 32.2 Å². The summed E-state index contributed by atoms with van der Waals surface area (Å²) in [5.74, 6) is 0.772. The summed E-state index contributed by atoms with van der Waals surface area (Å²) < 4.78 is 5.22. The van der Waals surface area contributed by atoms with E-state index in [1.165, 1.54) is 5.56 Å². The molecule has 1 atom stereocenters. The van der Waals surface area contributed by atoms with Crippen LogP contribution in [-0.2, 0) is 9.53 Å². The van der Waals surface area contributed by atoms with Gasteiger partial charge in [-0.15, -0.1) is 24.0 Å². The number of carbonyl (C=O) groups excluding carboxylic acids is 1. The zero-order valence-corrected chi connectivity index (χ0v) is 16.7. The molecule has 1 unspecified atom stereocenters. The van der Waals surface area contributed by atoms with E-state index < -0.39 is 0 Å². The maximum absolute atomic E-state index is 12.0. The molecular formula is C17H27IN4O2. The van der Waals surface area contributed by atoms with E-state index in [1.54, 1.807) is 4.90 Å². The zero-order chi connectivity index (χ0) is 16.7. The van der Waals surface area contributed by atoms with Crippen LogP contribution in [-0.4, -0.2) is 49.6 Å². The molecule has 6 nitrogen and oxygen atoms in total. The topological polar surface area (TPSA) is 79.9 Å². The van der Waals surface area contributed by atoms with Crippen molar-refractivity contribution in [2.75, 3.05) is 38.2 Å². The first kappa shape index (κ1) is 20.7. The Kier molecular flexibility index (Phi) is 9.05. The molecule has 0 bridgehead atoms. The molecule has 1 aliphatic heterocycles. The standard InChI is InChI=1S/C17H26N4O2.HI/c1-3-13(2)14-4-6-15(7-5-14)20-17(18)19-12-16(22)21-8-10-23-11-9-21;/h4-7,13H,3,8-12H2,1-2H3,(H3,18,19,20);1H. The number of carbonyl (C=O) groups is 1. The molecule has 0 aromatic heterocycles. The maximum atomic E-state index is 12.0. The SMILES string of the molecule is CCC(C)c1ccc(NC(N)=NCC(=O)N2CCOCC2)cc1.I. The molecule has 7 heteroatoms. The highest BCUT2D eigenvalue weighted by Gasteiger charge is 2.16. The lowest BCUT2D eigenvalue weighted by Crippen LogP contribution is -2.42. The number of hydrogen-bond donors (Lipinski definition) is 2. The highest BCUT2D eigenvalue weighted by molar-refractivity contribution is 14.0. The van der Waals surface area contributed by atoms with Crippen molar-refractivity contribution < 1.29 is 9.53 Å². The van der Waals surface area contributed by atoms with Gasteiger partial charge in [-0.05, 0) is 30.0 Å². The Labute approximate surface area is 160 Å². The second-order valence-corrected chi connectivity index (χ2v) is 5.75. The van der Waals surface area contributed by atoms with E-state index in [9.17, 15) is 4.79 Å². The Balaban J connectivity index is 0.00000288. The fourth-order valence-corrected chi connectivity index (χ4v) is 2.38. The van der Waals surface area contributed by atoms with Crippen molar-refractivity contribution in [3.05, 3.63) is 29.8 Å². The summed E-state index contributed by atoms with van der Waals surface area (Å²) >= 11 is 0. The number of hydrogen-bond acceptors (Lipinski definition) is 3. The Morgan fingerprint density at radius 1 is 1.33 bits per heavy atom. The third-order valence-electron chi connectivity index (χ3n) is 4.11. The van der Waals surface area contributed by atoms with Crippen LogP contribution in [0.1, 0.15) is 31.7 Å². The average molecular weight is 446 g/mol. The van der Waals surface area contributed by atoms with Crippen LogP contribution in [0.15, 0.2) is 29.3 Å². The summed E-state index contributed by atoms with van der Waals surface area (Å²) in [6.45, 7) is 6.86. The second-order valence-electron chi connectivity index (χ2n) is 5.75. The van der Waals surface area contributed by atoms with Crippen molar-refractivity contribution in [3.8, 4) is 0 Å². The maximum Gasteiger partial charge on any atom is 0.244 e. The number of halogens is 1. The number of amides is 1. The third kappa shape index (κ3) is 6.27. The number of nitrogens with zero attached hydrogens (tertiary/aromatic N) is 2. The number of nitrogens with one attached hydrogen (secondary N) is 1. The minimum atomic E-state index is -0.0230. The first-order valence-corrected chi connectivity index (χ1v) is 8.12. The average Bonchev–Trinajstić information content (AvgIpc) is 2.60. The van der Waals surface area contributed by atoms with Gasteiger partial charge in [-0.3, -0.25) is 4.79 Å². The highest BCUT2D eigenvalue weighted by atomic mass is 127. The van der Waals surface area contributed by atoms with Crippen LogP contribution < -0.4 is 11.1 Å². The van der Waals surface area contributed by atoms with Gasteiger partial charge in [0.1, 0.15) is 6.54 Å². The number of guanidine groups is 1. The number of morpholine rings is 1. The van der Waals surface area contributed by atoms with Crippen LogP contribution in [0.2, 0.25) is 0 Å². The van der Waals surface area contributed by atoms with E-state index in [4.69, 9.17) is 10.5 Å². The molecule has 1 fully saturated rings. The summed E-state index contributed by atoms with van der Waals surface area (Å²) in [4.78, 5) is 17.9. The first-order valence-electron chi connectivity index (χ1n) is 8.12. The summed E-state index contributed by atoms with van der Waals surface area (Å²) in [6, 6.07) is 8.13. The molecule has 0 saturated carbocycles. The van der Waals surface area contributed by atoms with Crippen LogP contribution in [0.3, 0.4) is 0 Å². The second kappa shape index (κ2) is 10.5. The van der Waals surface area contributed by atoms with Crippen molar-refractivity contribution >= 4 is 41.5 Å². The van der Waals surface area contributed by atoms with Crippen molar-refractivity contribution in [3.63, 3.8) is 0 Å². The summed E-state index contributed by atoms with van der Waals surface area (Å²) in [5, 5.41) is 3.02. The monoisotopic (exact) mass is 446 g/mol. The molecule has 1 aromatic carbocycles. The van der Waals surface area contributed by atoms with Crippen molar-refractivity contribution in [2.24, 2.45) is 10.7 Å². The van der Waals surface area contributed by atoms with Crippen LogP contribution in [0, 0.1) is 0 Å². The van der Waals surface area contributed by atoms with Gasteiger partial charge in [0.25, 0.3) is 0 Å². The van der Waals surface area contributed by atoms with Crippen LogP contribution in [0.4, 0.5) is 5.69 Å². The number of aliphatic imine (C=N–C) groups is 1. The predicted molar refractivity (Wildman–Crippen MR) is 108 cm³/mol. The Hall–Kier alpha value is -1.35. The molecule has 134 valence electrons. The van der Waals surface area contributed by atoms with Gasteiger partial charge in [0.15, 0.2) is 5.96 Å². The molecule has 24 heavy (non-hydrogen) atoms. The molecule has 1 heterocycles.